The number of carbonyl (C=O) groups excluding carboxylic acids is 1. The van der Waals surface area contributed by atoms with Gasteiger partial charge in [-0.3, -0.25) is 9.59 Å². The summed E-state index contributed by atoms with van der Waals surface area (Å²) in [5.74, 6) is -0.0887. The fourth-order valence-electron chi connectivity index (χ4n) is 2.06. The number of hydrogen-bond donors (Lipinski definition) is 2. The molecule has 25 heavy (non-hydrogen) atoms. The van der Waals surface area contributed by atoms with Gasteiger partial charge in [0, 0.05) is 18.0 Å². The van der Waals surface area contributed by atoms with Crippen LogP contribution in [0, 0.1) is 0 Å². The first-order valence-electron chi connectivity index (χ1n) is 7.64. The maximum Gasteiger partial charge on any atom is 0.303 e. The smallest absolute Gasteiger partial charge is 0.303 e. The lowest BCUT2D eigenvalue weighted by atomic mass is 10.1. The van der Waals surface area contributed by atoms with Gasteiger partial charge in [0.1, 0.15) is 11.5 Å². The molecule has 0 aliphatic carbocycles. The summed E-state index contributed by atoms with van der Waals surface area (Å²) in [6.07, 6.45) is 0.468. The van der Waals surface area contributed by atoms with Crippen LogP contribution in [0.2, 0.25) is 10.0 Å². The minimum absolute atomic E-state index is 0.00996. The molecule has 0 aromatic heterocycles. The van der Waals surface area contributed by atoms with E-state index in [-0.39, 0.29) is 18.7 Å². The van der Waals surface area contributed by atoms with Gasteiger partial charge < -0.3 is 15.2 Å². The molecular formula is C18H17Cl2NO4. The zero-order valence-corrected chi connectivity index (χ0v) is 14.8. The van der Waals surface area contributed by atoms with E-state index in [0.29, 0.717) is 34.5 Å². The first-order chi connectivity index (χ1) is 11.9. The lowest BCUT2D eigenvalue weighted by Crippen LogP contribution is -2.25. The fraction of sp³-hybridized carbons (Fsp3) is 0.222. The summed E-state index contributed by atoms with van der Waals surface area (Å²) in [5.41, 5.74) is 1.02. The summed E-state index contributed by atoms with van der Waals surface area (Å²) in [7, 11) is 0. The van der Waals surface area contributed by atoms with Crippen LogP contribution in [0.25, 0.3) is 0 Å². The van der Waals surface area contributed by atoms with E-state index in [1.54, 1.807) is 18.2 Å². The van der Waals surface area contributed by atoms with Crippen LogP contribution in [-0.2, 0) is 16.0 Å². The first-order valence-corrected chi connectivity index (χ1v) is 8.40. The number of rotatable bonds is 8. The summed E-state index contributed by atoms with van der Waals surface area (Å²) in [6.45, 7) is 0.446. The molecule has 132 valence electrons. The Hall–Kier alpha value is -2.24. The van der Waals surface area contributed by atoms with E-state index < -0.39 is 5.97 Å². The van der Waals surface area contributed by atoms with E-state index in [2.05, 4.69) is 5.32 Å². The van der Waals surface area contributed by atoms with Gasteiger partial charge >= 0.3 is 5.97 Å². The molecule has 2 rings (SSSR count). The molecule has 0 radical (unpaired) electrons. The molecule has 0 aliphatic rings. The van der Waals surface area contributed by atoms with Crippen molar-refractivity contribution in [2.24, 2.45) is 0 Å². The van der Waals surface area contributed by atoms with Gasteiger partial charge in [0.2, 0.25) is 5.91 Å². The number of carbonyl (C=O) groups is 2. The molecule has 2 aromatic rings. The molecule has 0 fully saturated rings. The number of aliphatic carboxylic acids is 1. The Morgan fingerprint density at radius 3 is 2.40 bits per heavy atom. The van der Waals surface area contributed by atoms with E-state index in [9.17, 15) is 9.59 Å². The highest BCUT2D eigenvalue weighted by molar-refractivity contribution is 6.35. The number of nitrogens with one attached hydrogen (secondary N) is 1. The first kappa shape index (κ1) is 19.1. The minimum atomic E-state index is -0.980. The van der Waals surface area contributed by atoms with Crippen molar-refractivity contribution in [3.63, 3.8) is 0 Å². The number of amides is 1. The lowest BCUT2D eigenvalue weighted by Gasteiger charge is -2.09. The lowest BCUT2D eigenvalue weighted by molar-refractivity contribution is -0.138. The van der Waals surface area contributed by atoms with Gasteiger partial charge in [-0.1, -0.05) is 35.3 Å². The Bertz CT molecular complexity index is 747. The molecule has 0 saturated heterocycles. The number of halogens is 2. The van der Waals surface area contributed by atoms with Gasteiger partial charge in [-0.05, 0) is 42.3 Å². The predicted molar refractivity (Wildman–Crippen MR) is 96.6 cm³/mol. The van der Waals surface area contributed by atoms with Gasteiger partial charge in [-0.25, -0.2) is 0 Å². The summed E-state index contributed by atoms with van der Waals surface area (Å²) in [5, 5.41) is 12.2. The zero-order chi connectivity index (χ0) is 18.2. The van der Waals surface area contributed by atoms with Crippen LogP contribution in [0.1, 0.15) is 18.4 Å². The molecule has 7 heteroatoms. The van der Waals surface area contributed by atoms with E-state index in [1.807, 2.05) is 24.3 Å². The predicted octanol–water partition coefficient (Wildman–Crippen LogP) is 4.31. The van der Waals surface area contributed by atoms with Crippen molar-refractivity contribution in [3.05, 3.63) is 58.1 Å². The average molecular weight is 382 g/mol. The molecular weight excluding hydrogens is 365 g/mol. The third kappa shape index (κ3) is 6.64. The molecule has 0 aliphatic heterocycles. The molecule has 1 amide bonds. The van der Waals surface area contributed by atoms with E-state index in [0.717, 1.165) is 5.56 Å². The largest absolute Gasteiger partial charge is 0.481 e. The molecule has 5 nitrogen and oxygen atoms in total. The van der Waals surface area contributed by atoms with Crippen LogP contribution in [0.4, 0.5) is 0 Å². The SMILES string of the molecule is O=C(O)CCC(=O)NCCc1ccc(Oc2ccc(Cl)cc2Cl)cc1. The summed E-state index contributed by atoms with van der Waals surface area (Å²) in [6, 6.07) is 12.4. The van der Waals surface area contributed by atoms with Gasteiger partial charge in [0.15, 0.2) is 0 Å². The molecule has 0 saturated carbocycles. The van der Waals surface area contributed by atoms with Crippen molar-refractivity contribution in [2.45, 2.75) is 19.3 Å². The normalized spacial score (nSPS) is 10.3. The van der Waals surface area contributed by atoms with Crippen LogP contribution in [-0.4, -0.2) is 23.5 Å². The highest BCUT2D eigenvalue weighted by Gasteiger charge is 2.06. The number of ether oxygens (including phenoxy) is 1. The number of hydrogen-bond acceptors (Lipinski definition) is 3. The standard InChI is InChI=1S/C18H17Cl2NO4/c19-13-3-6-16(15(20)11-13)25-14-4-1-12(2-5-14)9-10-21-17(22)7-8-18(23)24/h1-6,11H,7-10H2,(H,21,22)(H,23,24). The van der Waals surface area contributed by atoms with Gasteiger partial charge in [-0.2, -0.15) is 0 Å². The van der Waals surface area contributed by atoms with Crippen molar-refractivity contribution >= 4 is 35.1 Å². The molecule has 0 spiro atoms. The second-order valence-electron chi connectivity index (χ2n) is 5.31. The Morgan fingerprint density at radius 1 is 1.04 bits per heavy atom. The van der Waals surface area contributed by atoms with Gasteiger partial charge in [-0.15, -0.1) is 0 Å². The minimum Gasteiger partial charge on any atom is -0.481 e. The number of benzene rings is 2. The maximum atomic E-state index is 11.4. The molecule has 0 unspecified atom stereocenters. The molecule has 2 N–H and O–H groups in total. The van der Waals surface area contributed by atoms with E-state index in [4.69, 9.17) is 33.0 Å². The molecule has 0 atom stereocenters. The topological polar surface area (TPSA) is 75.6 Å². The average Bonchev–Trinajstić information content (AvgIpc) is 2.57. The molecule has 2 aromatic carbocycles. The molecule has 0 bridgehead atoms. The van der Waals surface area contributed by atoms with Crippen LogP contribution in [0.5, 0.6) is 11.5 Å². The van der Waals surface area contributed by atoms with Crippen LogP contribution in [0.15, 0.2) is 42.5 Å². The fourth-order valence-corrected chi connectivity index (χ4v) is 2.51. The van der Waals surface area contributed by atoms with Crippen LogP contribution >= 0.6 is 23.2 Å². The monoisotopic (exact) mass is 381 g/mol. The number of carboxylic acids is 1. The molecule has 0 heterocycles. The van der Waals surface area contributed by atoms with Crippen LogP contribution in [0.3, 0.4) is 0 Å². The number of carboxylic acid groups (broad SMARTS) is 1. The van der Waals surface area contributed by atoms with Crippen molar-refractivity contribution in [1.29, 1.82) is 0 Å². The Labute approximate surface area is 155 Å². The Kier molecular flexibility index (Phi) is 7.10. The highest BCUT2D eigenvalue weighted by Crippen LogP contribution is 2.31. The second kappa shape index (κ2) is 9.30. The quantitative estimate of drug-likeness (QED) is 0.714. The van der Waals surface area contributed by atoms with E-state index in [1.165, 1.54) is 0 Å². The maximum absolute atomic E-state index is 11.4. The third-order valence-electron chi connectivity index (χ3n) is 3.35. The summed E-state index contributed by atoms with van der Waals surface area (Å²) >= 11 is 11.9. The summed E-state index contributed by atoms with van der Waals surface area (Å²) in [4.78, 5) is 21.8. The van der Waals surface area contributed by atoms with E-state index >= 15 is 0 Å². The van der Waals surface area contributed by atoms with Crippen LogP contribution < -0.4 is 10.1 Å². The van der Waals surface area contributed by atoms with Crippen molar-refractivity contribution in [1.82, 2.24) is 5.32 Å². The Balaban J connectivity index is 1.81. The van der Waals surface area contributed by atoms with Gasteiger partial charge in [0.25, 0.3) is 0 Å². The third-order valence-corrected chi connectivity index (χ3v) is 3.88. The van der Waals surface area contributed by atoms with Crippen molar-refractivity contribution in [2.75, 3.05) is 6.54 Å². The zero-order valence-electron chi connectivity index (χ0n) is 13.3. The highest BCUT2D eigenvalue weighted by atomic mass is 35.5. The summed E-state index contributed by atoms with van der Waals surface area (Å²) < 4.78 is 5.70. The Morgan fingerprint density at radius 2 is 1.76 bits per heavy atom. The van der Waals surface area contributed by atoms with Crippen molar-refractivity contribution < 1.29 is 19.4 Å². The van der Waals surface area contributed by atoms with Crippen molar-refractivity contribution in [3.8, 4) is 11.5 Å². The van der Waals surface area contributed by atoms with Gasteiger partial charge in [0.05, 0.1) is 11.4 Å². The second-order valence-corrected chi connectivity index (χ2v) is 6.16.